The van der Waals surface area contributed by atoms with Crippen LogP contribution in [0.2, 0.25) is 0 Å². The summed E-state index contributed by atoms with van der Waals surface area (Å²) < 4.78 is 0. The van der Waals surface area contributed by atoms with E-state index in [2.05, 4.69) is 6.92 Å². The quantitative estimate of drug-likeness (QED) is 0.737. The number of aromatic hydroxyl groups is 1. The van der Waals surface area contributed by atoms with Gasteiger partial charge in [0.15, 0.2) is 0 Å². The molecule has 1 aromatic carbocycles. The maximum atomic E-state index is 10.0. The Bertz CT molecular complexity index is 353. The molecule has 0 unspecified atom stereocenters. The van der Waals surface area contributed by atoms with E-state index in [4.69, 9.17) is 5.73 Å². The molecule has 0 saturated heterocycles. The molecule has 0 heterocycles. The van der Waals surface area contributed by atoms with Gasteiger partial charge in [0.05, 0.1) is 12.1 Å². The van der Waals surface area contributed by atoms with Gasteiger partial charge in [-0.15, -0.1) is 0 Å². The molecule has 17 heavy (non-hydrogen) atoms. The first-order valence-electron chi connectivity index (χ1n) is 6.21. The maximum absolute atomic E-state index is 10.0. The zero-order chi connectivity index (χ0) is 13.0. The van der Waals surface area contributed by atoms with E-state index in [0.717, 1.165) is 36.0 Å². The van der Waals surface area contributed by atoms with E-state index in [1.54, 1.807) is 12.1 Å². The van der Waals surface area contributed by atoms with E-state index in [-0.39, 0.29) is 11.8 Å². The normalized spacial score (nSPS) is 14.6. The second kappa shape index (κ2) is 6.03. The Labute approximate surface area is 103 Å². The first kappa shape index (κ1) is 14.0. The fourth-order valence-electron chi connectivity index (χ4n) is 2.26. The topological polar surface area (TPSA) is 66.5 Å². The highest BCUT2D eigenvalue weighted by Crippen LogP contribution is 2.28. The number of hydrogen-bond donors (Lipinski definition) is 3. The first-order valence-corrected chi connectivity index (χ1v) is 6.21. The van der Waals surface area contributed by atoms with Crippen molar-refractivity contribution in [1.29, 1.82) is 0 Å². The Morgan fingerprint density at radius 3 is 2.24 bits per heavy atom. The van der Waals surface area contributed by atoms with Gasteiger partial charge in [-0.3, -0.25) is 0 Å². The minimum absolute atomic E-state index is 0.249. The van der Waals surface area contributed by atoms with Crippen molar-refractivity contribution in [3.05, 3.63) is 28.8 Å². The van der Waals surface area contributed by atoms with E-state index in [0.29, 0.717) is 0 Å². The van der Waals surface area contributed by atoms with E-state index in [9.17, 15) is 10.2 Å². The van der Waals surface area contributed by atoms with Crippen molar-refractivity contribution in [2.45, 2.75) is 52.2 Å². The van der Waals surface area contributed by atoms with Crippen LogP contribution in [0.1, 0.15) is 48.9 Å². The smallest absolute Gasteiger partial charge is 0.116 e. The van der Waals surface area contributed by atoms with Crippen LogP contribution in [-0.4, -0.2) is 16.3 Å². The van der Waals surface area contributed by atoms with Gasteiger partial charge in [0.1, 0.15) is 5.75 Å². The molecular weight excluding hydrogens is 214 g/mol. The Kier molecular flexibility index (Phi) is 4.97. The van der Waals surface area contributed by atoms with Gasteiger partial charge < -0.3 is 15.9 Å². The lowest BCUT2D eigenvalue weighted by Gasteiger charge is -2.23. The Morgan fingerprint density at radius 1 is 1.24 bits per heavy atom. The van der Waals surface area contributed by atoms with Gasteiger partial charge in [0.25, 0.3) is 0 Å². The lowest BCUT2D eigenvalue weighted by Crippen LogP contribution is -2.27. The van der Waals surface area contributed by atoms with Gasteiger partial charge in [-0.2, -0.15) is 0 Å². The summed E-state index contributed by atoms with van der Waals surface area (Å²) in [4.78, 5) is 0. The van der Waals surface area contributed by atoms with Crippen molar-refractivity contribution in [1.82, 2.24) is 0 Å². The van der Waals surface area contributed by atoms with Gasteiger partial charge in [0, 0.05) is 0 Å². The number of aliphatic hydroxyl groups excluding tert-OH is 1. The zero-order valence-electron chi connectivity index (χ0n) is 10.9. The summed E-state index contributed by atoms with van der Waals surface area (Å²) in [5, 5.41) is 19.5. The number of nitrogens with two attached hydrogens (primary N) is 1. The molecule has 4 N–H and O–H groups in total. The molecule has 1 aromatic rings. The molecule has 0 aromatic heterocycles. The third kappa shape index (κ3) is 3.45. The summed E-state index contributed by atoms with van der Waals surface area (Å²) in [6.07, 6.45) is 2.23. The first-order chi connectivity index (χ1) is 7.97. The van der Waals surface area contributed by atoms with Crippen LogP contribution in [0.15, 0.2) is 12.1 Å². The largest absolute Gasteiger partial charge is 0.508 e. The predicted molar refractivity (Wildman–Crippen MR) is 70.0 cm³/mol. The molecule has 2 atom stereocenters. The van der Waals surface area contributed by atoms with Gasteiger partial charge in [-0.25, -0.2) is 0 Å². The highest BCUT2D eigenvalue weighted by Gasteiger charge is 2.20. The lowest BCUT2D eigenvalue weighted by atomic mass is 9.91. The molecule has 0 aliphatic rings. The molecule has 3 nitrogen and oxygen atoms in total. The van der Waals surface area contributed by atoms with Crippen molar-refractivity contribution < 1.29 is 10.2 Å². The monoisotopic (exact) mass is 237 g/mol. The van der Waals surface area contributed by atoms with Gasteiger partial charge in [-0.1, -0.05) is 19.8 Å². The van der Waals surface area contributed by atoms with Crippen molar-refractivity contribution in [3.8, 4) is 5.75 Å². The standard InChI is InChI=1S/C14H23NO2/c1-4-5-6-12(17)14(15)13-9(2)7-11(16)8-10(13)3/h7-8,12,14,16-17H,4-6,15H2,1-3H3/t12-,14-/m0/s1. The summed E-state index contributed by atoms with van der Waals surface area (Å²) in [6.45, 7) is 5.91. The number of aryl methyl sites for hydroxylation is 2. The average molecular weight is 237 g/mol. The van der Waals surface area contributed by atoms with Crippen LogP contribution in [0.4, 0.5) is 0 Å². The average Bonchev–Trinajstić information content (AvgIpc) is 2.24. The van der Waals surface area contributed by atoms with Crippen molar-refractivity contribution in [3.63, 3.8) is 0 Å². The van der Waals surface area contributed by atoms with E-state index < -0.39 is 6.10 Å². The highest BCUT2D eigenvalue weighted by atomic mass is 16.3. The van der Waals surface area contributed by atoms with Crippen LogP contribution in [-0.2, 0) is 0 Å². The minimum Gasteiger partial charge on any atom is -0.508 e. The molecule has 96 valence electrons. The molecule has 0 amide bonds. The van der Waals surface area contributed by atoms with Crippen molar-refractivity contribution in [2.75, 3.05) is 0 Å². The lowest BCUT2D eigenvalue weighted by molar-refractivity contribution is 0.132. The SMILES string of the molecule is CCCC[C@H](O)[C@H](N)c1c(C)cc(O)cc1C. The number of aliphatic hydroxyl groups is 1. The number of rotatable bonds is 5. The molecule has 0 bridgehead atoms. The van der Waals surface area contributed by atoms with Crippen molar-refractivity contribution >= 4 is 0 Å². The fourth-order valence-corrected chi connectivity index (χ4v) is 2.26. The Hall–Kier alpha value is -1.06. The van der Waals surface area contributed by atoms with Crippen LogP contribution in [0, 0.1) is 13.8 Å². The number of unbranched alkanes of at least 4 members (excludes halogenated alkanes) is 1. The predicted octanol–water partition coefficient (Wildman–Crippen LogP) is 2.56. The van der Waals surface area contributed by atoms with Crippen LogP contribution < -0.4 is 5.73 Å². The van der Waals surface area contributed by atoms with Gasteiger partial charge in [-0.05, 0) is 49.1 Å². The van der Waals surface area contributed by atoms with E-state index >= 15 is 0 Å². The van der Waals surface area contributed by atoms with Gasteiger partial charge in [0.2, 0.25) is 0 Å². The highest BCUT2D eigenvalue weighted by molar-refractivity contribution is 5.42. The molecule has 0 aliphatic heterocycles. The molecule has 0 fully saturated rings. The Morgan fingerprint density at radius 2 is 1.76 bits per heavy atom. The third-order valence-electron chi connectivity index (χ3n) is 3.18. The van der Waals surface area contributed by atoms with Crippen LogP contribution in [0.5, 0.6) is 5.75 Å². The summed E-state index contributed by atoms with van der Waals surface area (Å²) >= 11 is 0. The summed E-state index contributed by atoms with van der Waals surface area (Å²) in [7, 11) is 0. The molecule has 1 rings (SSSR count). The second-order valence-electron chi connectivity index (χ2n) is 4.73. The number of phenolic OH excluding ortho intramolecular Hbond substituents is 1. The van der Waals surface area contributed by atoms with Crippen LogP contribution in [0.3, 0.4) is 0 Å². The molecule has 3 heteroatoms. The summed E-state index contributed by atoms with van der Waals surface area (Å²) in [5.74, 6) is 0.249. The molecule has 0 radical (unpaired) electrons. The summed E-state index contributed by atoms with van der Waals surface area (Å²) in [6, 6.07) is 3.01. The molecule has 0 aliphatic carbocycles. The molecule has 0 spiro atoms. The molecule has 0 saturated carbocycles. The van der Waals surface area contributed by atoms with E-state index in [1.165, 1.54) is 0 Å². The van der Waals surface area contributed by atoms with E-state index in [1.807, 2.05) is 13.8 Å². The third-order valence-corrected chi connectivity index (χ3v) is 3.18. The molecular formula is C14H23NO2. The number of phenols is 1. The zero-order valence-corrected chi connectivity index (χ0v) is 10.9. The maximum Gasteiger partial charge on any atom is 0.116 e. The second-order valence-corrected chi connectivity index (χ2v) is 4.73. The minimum atomic E-state index is -0.517. The van der Waals surface area contributed by atoms with Crippen LogP contribution in [0.25, 0.3) is 0 Å². The van der Waals surface area contributed by atoms with Crippen LogP contribution >= 0.6 is 0 Å². The Balaban J connectivity index is 2.91. The van der Waals surface area contributed by atoms with Gasteiger partial charge >= 0.3 is 0 Å². The fraction of sp³-hybridized carbons (Fsp3) is 0.571. The van der Waals surface area contributed by atoms with Crippen molar-refractivity contribution in [2.24, 2.45) is 5.73 Å². The summed E-state index contributed by atoms with van der Waals surface area (Å²) in [5.41, 5.74) is 8.92. The number of hydrogen-bond acceptors (Lipinski definition) is 3. The number of benzene rings is 1.